The molecule has 1 fully saturated rings. The van der Waals surface area contributed by atoms with Crippen LogP contribution in [0.15, 0.2) is 47.5 Å². The minimum atomic E-state index is -1.13. The lowest BCUT2D eigenvalue weighted by molar-refractivity contribution is -0.138. The van der Waals surface area contributed by atoms with Crippen molar-refractivity contribution in [2.24, 2.45) is 5.92 Å². The number of imidazole rings is 1. The van der Waals surface area contributed by atoms with Crippen LogP contribution in [0.1, 0.15) is 24.2 Å². The summed E-state index contributed by atoms with van der Waals surface area (Å²) in [7, 11) is 0. The number of carbonyl (C=O) groups is 1. The minimum absolute atomic E-state index is 0.331. The van der Waals surface area contributed by atoms with Crippen molar-refractivity contribution in [3.05, 3.63) is 69.5 Å². The first kappa shape index (κ1) is 19.6. The van der Waals surface area contributed by atoms with Crippen molar-refractivity contribution >= 4 is 34.0 Å². The van der Waals surface area contributed by atoms with Gasteiger partial charge in [-0.15, -0.1) is 0 Å². The molecule has 4 aromatic rings. The van der Waals surface area contributed by atoms with Gasteiger partial charge in [-0.25, -0.2) is 9.67 Å². The smallest absolute Gasteiger partial charge is 0.325 e. The summed E-state index contributed by atoms with van der Waals surface area (Å²) in [6, 6.07) is 8.80. The third-order valence-electron chi connectivity index (χ3n) is 5.31. The number of halogens is 1. The molecule has 0 aliphatic heterocycles. The van der Waals surface area contributed by atoms with Crippen LogP contribution in [0.4, 0.5) is 0 Å². The summed E-state index contributed by atoms with van der Waals surface area (Å²) in [4.78, 5) is 28.4. The van der Waals surface area contributed by atoms with E-state index in [9.17, 15) is 9.59 Å². The molecular formula is C22H19ClN4O4. The number of hydrogen-bond donors (Lipinski definition) is 1. The number of carboxylic acids is 1. The lowest BCUT2D eigenvalue weighted by Crippen LogP contribution is -2.28. The van der Waals surface area contributed by atoms with E-state index >= 15 is 0 Å². The second kappa shape index (κ2) is 7.70. The molecule has 8 nitrogen and oxygen atoms in total. The number of aliphatic carboxylic acids is 1. The molecular weight excluding hydrogens is 420 g/mol. The van der Waals surface area contributed by atoms with Crippen LogP contribution in [-0.4, -0.2) is 36.8 Å². The van der Waals surface area contributed by atoms with E-state index in [-0.39, 0.29) is 0 Å². The number of benzene rings is 1. The number of ether oxygens (including phenoxy) is 1. The zero-order valence-corrected chi connectivity index (χ0v) is 17.2. The van der Waals surface area contributed by atoms with Crippen LogP contribution in [0, 0.1) is 5.92 Å². The zero-order valence-electron chi connectivity index (χ0n) is 16.5. The molecule has 1 aliphatic carbocycles. The molecule has 0 atom stereocenters. The van der Waals surface area contributed by atoms with Gasteiger partial charge in [-0.3, -0.25) is 9.59 Å². The average molecular weight is 439 g/mol. The van der Waals surface area contributed by atoms with Gasteiger partial charge in [0.05, 0.1) is 34.6 Å². The molecule has 1 aliphatic rings. The summed E-state index contributed by atoms with van der Waals surface area (Å²) in [6.45, 7) is 0.160. The lowest BCUT2D eigenvalue weighted by Gasteiger charge is -2.08. The van der Waals surface area contributed by atoms with Crippen molar-refractivity contribution in [2.75, 3.05) is 6.61 Å². The second-order valence-corrected chi connectivity index (χ2v) is 8.17. The second-order valence-electron chi connectivity index (χ2n) is 7.76. The summed E-state index contributed by atoms with van der Waals surface area (Å²) in [5.74, 6) is 0.103. The number of carboxylic acid groups (broad SMARTS) is 1. The molecule has 1 saturated carbocycles. The Hall–Kier alpha value is -3.39. The van der Waals surface area contributed by atoms with Gasteiger partial charge in [-0.05, 0) is 24.8 Å². The molecule has 0 spiro atoms. The lowest BCUT2D eigenvalue weighted by atomic mass is 10.1. The molecule has 3 aromatic heterocycles. The predicted molar refractivity (Wildman–Crippen MR) is 115 cm³/mol. The maximum atomic E-state index is 12.6. The summed E-state index contributed by atoms with van der Waals surface area (Å²) >= 11 is 6.36. The molecule has 3 heterocycles. The Morgan fingerprint density at radius 3 is 2.74 bits per heavy atom. The van der Waals surface area contributed by atoms with E-state index < -0.39 is 18.1 Å². The maximum Gasteiger partial charge on any atom is 0.325 e. The maximum absolute atomic E-state index is 12.6. The number of nitrogens with zero attached hydrogens (tertiary/aromatic N) is 4. The van der Waals surface area contributed by atoms with Crippen LogP contribution < -0.4 is 10.3 Å². The number of fused-ring (bicyclic) bond motifs is 2. The highest BCUT2D eigenvalue weighted by molar-refractivity contribution is 6.32. The Labute approximate surface area is 181 Å². The fourth-order valence-corrected chi connectivity index (χ4v) is 3.77. The van der Waals surface area contributed by atoms with Gasteiger partial charge in [0, 0.05) is 24.1 Å². The van der Waals surface area contributed by atoms with Crippen LogP contribution >= 0.6 is 11.6 Å². The Balaban J connectivity index is 1.52. The molecule has 158 valence electrons. The first-order valence-corrected chi connectivity index (χ1v) is 10.4. The quantitative estimate of drug-likeness (QED) is 0.476. The Bertz CT molecular complexity index is 1370. The summed E-state index contributed by atoms with van der Waals surface area (Å²) < 4.78 is 8.66. The fraction of sp³-hybridized carbons (Fsp3) is 0.273. The van der Waals surface area contributed by atoms with Crippen molar-refractivity contribution in [2.45, 2.75) is 25.8 Å². The average Bonchev–Trinajstić information content (AvgIpc) is 3.49. The van der Waals surface area contributed by atoms with Crippen molar-refractivity contribution in [1.82, 2.24) is 19.2 Å². The highest BCUT2D eigenvalue weighted by Crippen LogP contribution is 2.32. The molecule has 0 bridgehead atoms. The first-order chi connectivity index (χ1) is 15.0. The molecule has 1 N–H and O–H groups in total. The summed E-state index contributed by atoms with van der Waals surface area (Å²) in [5.41, 5.74) is 1.53. The van der Waals surface area contributed by atoms with Gasteiger partial charge in [-0.2, -0.15) is 5.10 Å². The summed E-state index contributed by atoms with van der Waals surface area (Å²) in [6.07, 6.45) is 6.39. The zero-order chi connectivity index (χ0) is 21.5. The molecule has 31 heavy (non-hydrogen) atoms. The van der Waals surface area contributed by atoms with Crippen molar-refractivity contribution in [1.29, 1.82) is 0 Å². The first-order valence-electron chi connectivity index (χ1n) is 9.98. The van der Waals surface area contributed by atoms with Crippen LogP contribution in [0.3, 0.4) is 0 Å². The molecule has 0 unspecified atom stereocenters. The van der Waals surface area contributed by atoms with E-state index in [0.717, 1.165) is 4.68 Å². The number of pyridine rings is 1. The third-order valence-corrected chi connectivity index (χ3v) is 5.60. The van der Waals surface area contributed by atoms with Gasteiger partial charge in [0.15, 0.2) is 5.75 Å². The number of rotatable bonds is 7. The van der Waals surface area contributed by atoms with E-state index in [0.29, 0.717) is 57.5 Å². The van der Waals surface area contributed by atoms with E-state index in [1.807, 2.05) is 22.9 Å². The van der Waals surface area contributed by atoms with E-state index in [4.69, 9.17) is 21.4 Å². The molecule has 0 saturated heterocycles. The minimum Gasteiger partial charge on any atom is -0.490 e. The van der Waals surface area contributed by atoms with Gasteiger partial charge in [-0.1, -0.05) is 29.8 Å². The Morgan fingerprint density at radius 1 is 1.23 bits per heavy atom. The highest BCUT2D eigenvalue weighted by Gasteiger charge is 2.22. The van der Waals surface area contributed by atoms with E-state index in [2.05, 4.69) is 10.1 Å². The van der Waals surface area contributed by atoms with E-state index in [1.165, 1.54) is 12.8 Å². The van der Waals surface area contributed by atoms with Gasteiger partial charge >= 0.3 is 5.97 Å². The van der Waals surface area contributed by atoms with Gasteiger partial charge in [0.2, 0.25) is 0 Å². The van der Waals surface area contributed by atoms with E-state index in [1.54, 1.807) is 24.3 Å². The number of hydrogen-bond acceptors (Lipinski definition) is 5. The number of aromatic nitrogens is 4. The molecule has 0 radical (unpaired) electrons. The van der Waals surface area contributed by atoms with Crippen LogP contribution in [0.2, 0.25) is 5.02 Å². The van der Waals surface area contributed by atoms with Crippen LogP contribution in [0.25, 0.3) is 16.4 Å². The van der Waals surface area contributed by atoms with Crippen LogP contribution in [-0.2, 0) is 17.8 Å². The summed E-state index contributed by atoms with van der Waals surface area (Å²) in [5, 5.41) is 15.1. The molecule has 0 amide bonds. The predicted octanol–water partition coefficient (Wildman–Crippen LogP) is 3.16. The SMILES string of the molecule is O=C(O)Cn1nc(Cc2cn3cc(OCC4CC4)c(Cl)cc3n2)c2ccccc2c1=O. The van der Waals surface area contributed by atoms with Gasteiger partial charge in [0.1, 0.15) is 12.2 Å². The van der Waals surface area contributed by atoms with Crippen molar-refractivity contribution in [3.8, 4) is 5.75 Å². The Kier molecular flexibility index (Phi) is 4.86. The highest BCUT2D eigenvalue weighted by atomic mass is 35.5. The van der Waals surface area contributed by atoms with Crippen LogP contribution in [0.5, 0.6) is 5.75 Å². The largest absolute Gasteiger partial charge is 0.490 e. The monoisotopic (exact) mass is 438 g/mol. The molecule has 5 rings (SSSR count). The standard InChI is InChI=1S/C22H19ClN4O4/c23-17-8-20-24-14(9-26(20)10-19(17)31-12-13-5-6-13)7-18-15-3-1-2-4-16(15)22(30)27(25-18)11-21(28)29/h1-4,8-10,13H,5-7,11-12H2,(H,28,29). The van der Waals surface area contributed by atoms with Crippen molar-refractivity contribution < 1.29 is 14.6 Å². The third kappa shape index (κ3) is 3.98. The molecule has 9 heteroatoms. The van der Waals surface area contributed by atoms with Gasteiger partial charge in [0.25, 0.3) is 5.56 Å². The normalized spacial score (nSPS) is 13.7. The molecule has 1 aromatic carbocycles. The Morgan fingerprint density at radius 2 is 2.00 bits per heavy atom. The van der Waals surface area contributed by atoms with Crippen molar-refractivity contribution in [3.63, 3.8) is 0 Å². The van der Waals surface area contributed by atoms with Gasteiger partial charge < -0.3 is 14.2 Å². The topological polar surface area (TPSA) is 98.7 Å². The fourth-order valence-electron chi connectivity index (χ4n) is 3.57.